The number of amides is 1. The van der Waals surface area contributed by atoms with Crippen molar-refractivity contribution in [2.45, 2.75) is 52.5 Å². The minimum Gasteiger partial charge on any atom is -0.383 e. The Balaban J connectivity index is 2.23. The van der Waals surface area contributed by atoms with Gasteiger partial charge in [-0.15, -0.1) is 0 Å². The number of phosphoric ester groups is 1. The van der Waals surface area contributed by atoms with Crippen molar-refractivity contribution in [3.63, 3.8) is 0 Å². The summed E-state index contributed by atoms with van der Waals surface area (Å²) in [6.45, 7) is 3.18. The lowest BCUT2D eigenvalue weighted by molar-refractivity contribution is -0.117. The summed E-state index contributed by atoms with van der Waals surface area (Å²) in [7, 11) is -4.64. The van der Waals surface area contributed by atoms with Crippen LogP contribution in [0.2, 0.25) is 0 Å². The molecule has 166 valence electrons. The molecule has 0 aromatic carbocycles. The Kier molecular flexibility index (Phi) is 8.99. The first-order valence-electron chi connectivity index (χ1n) is 9.52. The number of carbonyl (C=O) groups excluding carboxylic acids is 2. The number of hydrogen-bond donors (Lipinski definition) is 3. The normalized spacial score (nSPS) is 15.7. The van der Waals surface area contributed by atoms with Gasteiger partial charge in [0.25, 0.3) is 0 Å². The van der Waals surface area contributed by atoms with Crippen molar-refractivity contribution >= 4 is 36.9 Å². The van der Waals surface area contributed by atoms with Crippen LogP contribution in [0, 0.1) is 12.8 Å². The lowest BCUT2D eigenvalue weighted by Crippen LogP contribution is -2.22. The van der Waals surface area contributed by atoms with Gasteiger partial charge in [-0.25, -0.2) is 14.5 Å². The van der Waals surface area contributed by atoms with Gasteiger partial charge < -0.3 is 20.4 Å². The summed E-state index contributed by atoms with van der Waals surface area (Å²) in [5.41, 5.74) is 6.94. The molecule has 30 heavy (non-hydrogen) atoms. The Morgan fingerprint density at radius 1 is 1.43 bits per heavy atom. The number of thioether (sulfide) groups is 1. The van der Waals surface area contributed by atoms with Crippen LogP contribution in [-0.2, 0) is 25.2 Å². The second-order valence-corrected chi connectivity index (χ2v) is 9.38. The number of allylic oxidation sites excluding steroid dienone is 1. The van der Waals surface area contributed by atoms with Crippen molar-refractivity contribution in [2.24, 2.45) is 5.92 Å². The first kappa shape index (κ1) is 24.5. The molecule has 2 rings (SSSR count). The number of nitrogen functional groups attached to an aromatic ring is 1. The zero-order chi connectivity index (χ0) is 22.3. The average Bonchev–Trinajstić information content (AvgIpc) is 3.20. The highest BCUT2D eigenvalue weighted by Gasteiger charge is 2.26. The van der Waals surface area contributed by atoms with Gasteiger partial charge in [0.1, 0.15) is 11.6 Å². The van der Waals surface area contributed by atoms with Crippen LogP contribution in [0.1, 0.15) is 50.4 Å². The highest BCUT2D eigenvalue weighted by atomic mass is 32.2. The molecule has 1 aliphatic carbocycles. The minimum atomic E-state index is -4.64. The number of anilines is 1. The SMILES string of the molecule is CC(=C(CCOP(=O)(O)O)SC(=O)C1CCCC1)N(C=O)Cc1cnc(C)nc1N. The molecule has 1 fully saturated rings. The maximum absolute atomic E-state index is 12.7. The van der Waals surface area contributed by atoms with E-state index in [0.29, 0.717) is 28.4 Å². The van der Waals surface area contributed by atoms with Gasteiger partial charge in [-0.3, -0.25) is 14.1 Å². The Hall–Kier alpha value is -1.78. The van der Waals surface area contributed by atoms with E-state index in [0.717, 1.165) is 37.4 Å². The predicted octanol–water partition coefficient (Wildman–Crippen LogP) is 2.51. The summed E-state index contributed by atoms with van der Waals surface area (Å²) in [5, 5.41) is -0.0120. The summed E-state index contributed by atoms with van der Waals surface area (Å²) in [6.07, 6.45) is 5.88. The monoisotopic (exact) mass is 458 g/mol. The van der Waals surface area contributed by atoms with Crippen molar-refractivity contribution in [1.82, 2.24) is 14.9 Å². The van der Waals surface area contributed by atoms with Gasteiger partial charge in [0, 0.05) is 34.7 Å². The maximum Gasteiger partial charge on any atom is 0.469 e. The third-order valence-electron chi connectivity index (χ3n) is 4.82. The second kappa shape index (κ2) is 11.0. The van der Waals surface area contributed by atoms with E-state index in [1.54, 1.807) is 13.8 Å². The molecule has 0 bridgehead atoms. The third kappa shape index (κ3) is 7.48. The molecule has 0 radical (unpaired) electrons. The molecular weight excluding hydrogens is 431 g/mol. The zero-order valence-corrected chi connectivity index (χ0v) is 18.7. The molecule has 4 N–H and O–H groups in total. The summed E-state index contributed by atoms with van der Waals surface area (Å²) >= 11 is 1.01. The van der Waals surface area contributed by atoms with Crippen LogP contribution in [0.3, 0.4) is 0 Å². The molecule has 1 aromatic rings. The van der Waals surface area contributed by atoms with E-state index in [1.165, 1.54) is 11.1 Å². The number of nitrogens with two attached hydrogens (primary N) is 1. The van der Waals surface area contributed by atoms with Crippen molar-refractivity contribution < 1.29 is 28.5 Å². The lowest BCUT2D eigenvalue weighted by atomic mass is 10.1. The van der Waals surface area contributed by atoms with Crippen molar-refractivity contribution in [1.29, 1.82) is 0 Å². The standard InChI is InChI=1S/C18H27N4O6PS/c1-12(22(11-23)10-15-9-20-13(2)21-17(15)19)16(7-8-28-29(25,26)27)30-18(24)14-5-3-4-6-14/h9,11,14H,3-8,10H2,1-2H3,(H2,19,20,21)(H2,25,26,27). The van der Waals surface area contributed by atoms with Crippen LogP contribution in [0.15, 0.2) is 16.8 Å². The number of aromatic nitrogens is 2. The number of rotatable bonds is 10. The van der Waals surface area contributed by atoms with E-state index in [9.17, 15) is 14.2 Å². The van der Waals surface area contributed by atoms with E-state index in [-0.39, 0.29) is 36.4 Å². The van der Waals surface area contributed by atoms with Gasteiger partial charge in [-0.2, -0.15) is 0 Å². The Labute approximate surface area is 179 Å². The zero-order valence-electron chi connectivity index (χ0n) is 17.0. The van der Waals surface area contributed by atoms with Crippen LogP contribution in [0.4, 0.5) is 5.82 Å². The predicted molar refractivity (Wildman–Crippen MR) is 113 cm³/mol. The number of phosphoric acid groups is 1. The summed E-state index contributed by atoms with van der Waals surface area (Å²) < 4.78 is 15.5. The second-order valence-electron chi connectivity index (χ2n) is 7.05. The number of hydrogen-bond acceptors (Lipinski definition) is 8. The van der Waals surface area contributed by atoms with Crippen LogP contribution < -0.4 is 5.73 Å². The molecule has 1 aromatic heterocycles. The van der Waals surface area contributed by atoms with E-state index in [1.807, 2.05) is 0 Å². The molecule has 12 heteroatoms. The first-order valence-corrected chi connectivity index (χ1v) is 11.9. The van der Waals surface area contributed by atoms with Gasteiger partial charge in [0.2, 0.25) is 6.41 Å². The van der Waals surface area contributed by atoms with Crippen LogP contribution in [0.5, 0.6) is 0 Å². The first-order chi connectivity index (χ1) is 14.1. The maximum atomic E-state index is 12.7. The quantitative estimate of drug-likeness (QED) is 0.352. The van der Waals surface area contributed by atoms with Crippen molar-refractivity contribution in [3.05, 3.63) is 28.2 Å². The largest absolute Gasteiger partial charge is 0.469 e. The Bertz CT molecular complexity index is 853. The fraction of sp³-hybridized carbons (Fsp3) is 0.556. The van der Waals surface area contributed by atoms with E-state index in [2.05, 4.69) is 14.5 Å². The molecule has 1 amide bonds. The molecular formula is C18H27N4O6PS. The Morgan fingerprint density at radius 2 is 2.10 bits per heavy atom. The highest BCUT2D eigenvalue weighted by molar-refractivity contribution is 8.17. The van der Waals surface area contributed by atoms with Gasteiger partial charge >= 0.3 is 7.82 Å². The Morgan fingerprint density at radius 3 is 2.67 bits per heavy atom. The smallest absolute Gasteiger partial charge is 0.383 e. The molecule has 1 heterocycles. The molecule has 10 nitrogen and oxygen atoms in total. The van der Waals surface area contributed by atoms with Crippen molar-refractivity contribution in [2.75, 3.05) is 12.3 Å². The number of nitrogens with zero attached hydrogens (tertiary/aromatic N) is 3. The molecule has 0 atom stereocenters. The number of aryl methyl sites for hydroxylation is 1. The van der Waals surface area contributed by atoms with Gasteiger partial charge in [0.05, 0.1) is 13.2 Å². The fourth-order valence-electron chi connectivity index (χ4n) is 3.14. The van der Waals surface area contributed by atoms with E-state index < -0.39 is 7.82 Å². The fourth-order valence-corrected chi connectivity index (χ4v) is 4.57. The minimum absolute atomic E-state index is 0.0120. The van der Waals surface area contributed by atoms with Crippen molar-refractivity contribution in [3.8, 4) is 0 Å². The van der Waals surface area contributed by atoms with Gasteiger partial charge in [-0.1, -0.05) is 24.6 Å². The molecule has 0 unspecified atom stereocenters. The lowest BCUT2D eigenvalue weighted by Gasteiger charge is -2.22. The molecule has 0 saturated heterocycles. The van der Waals surface area contributed by atoms with Crippen LogP contribution >= 0.6 is 19.6 Å². The molecule has 0 spiro atoms. The summed E-state index contributed by atoms with van der Waals surface area (Å²) in [4.78, 5) is 52.4. The molecule has 0 aliphatic heterocycles. The van der Waals surface area contributed by atoms with Gasteiger partial charge in [0.15, 0.2) is 5.12 Å². The number of carbonyl (C=O) groups is 2. The topological polar surface area (TPSA) is 156 Å². The third-order valence-corrected chi connectivity index (χ3v) is 6.62. The van der Waals surface area contributed by atoms with Gasteiger partial charge in [-0.05, 0) is 26.7 Å². The van der Waals surface area contributed by atoms with Crippen LogP contribution in [-0.4, -0.2) is 42.8 Å². The molecule has 1 saturated carbocycles. The summed E-state index contributed by atoms with van der Waals surface area (Å²) in [5.74, 6) is 0.712. The van der Waals surface area contributed by atoms with E-state index in [4.69, 9.17) is 15.5 Å². The average molecular weight is 458 g/mol. The summed E-state index contributed by atoms with van der Waals surface area (Å²) in [6, 6.07) is 0. The van der Waals surface area contributed by atoms with Crippen LogP contribution in [0.25, 0.3) is 0 Å². The molecule has 1 aliphatic rings. The van der Waals surface area contributed by atoms with E-state index >= 15 is 0 Å². The highest BCUT2D eigenvalue weighted by Crippen LogP contribution is 2.38.